The predicted molar refractivity (Wildman–Crippen MR) is 157 cm³/mol. The second kappa shape index (κ2) is 13.1. The molecular formula is C30H36ClN3O4S. The van der Waals surface area contributed by atoms with Gasteiger partial charge in [-0.3, -0.25) is 13.9 Å². The largest absolute Gasteiger partial charge is 0.352 e. The molecule has 3 aromatic carbocycles. The maximum Gasteiger partial charge on any atom is 0.244 e. The molecule has 1 atom stereocenters. The number of hydrogen-bond donors (Lipinski definition) is 1. The molecule has 0 aliphatic rings. The number of sulfonamides is 1. The fraction of sp³-hybridized carbons (Fsp3) is 0.333. The zero-order chi connectivity index (χ0) is 28.7. The highest BCUT2D eigenvalue weighted by Crippen LogP contribution is 2.25. The standard InChI is InChI=1S/C30H36ClN3O4S/c1-21(2)32-30(36)28(18-24-10-7-6-8-11-24)33(19-25-12-9-13-26(31)17-25)29(35)20-34(39(5,37)38)27-16-22(3)14-15-23(27)4/h6-17,21,28H,18-20H2,1-5H3,(H,32,36)/t28-/m0/s1. The maximum atomic E-state index is 14.1. The summed E-state index contributed by atoms with van der Waals surface area (Å²) in [6.45, 7) is 6.99. The summed E-state index contributed by atoms with van der Waals surface area (Å²) >= 11 is 6.23. The summed E-state index contributed by atoms with van der Waals surface area (Å²) in [7, 11) is -3.83. The number of nitrogens with zero attached hydrogens (tertiary/aromatic N) is 2. The van der Waals surface area contributed by atoms with Crippen molar-refractivity contribution in [1.82, 2.24) is 10.2 Å². The second-order valence-electron chi connectivity index (χ2n) is 10.1. The van der Waals surface area contributed by atoms with Gasteiger partial charge in [-0.1, -0.05) is 66.2 Å². The lowest BCUT2D eigenvalue weighted by molar-refractivity contribution is -0.140. The summed E-state index contributed by atoms with van der Waals surface area (Å²) in [5, 5.41) is 3.44. The van der Waals surface area contributed by atoms with Gasteiger partial charge in [0.05, 0.1) is 11.9 Å². The zero-order valence-electron chi connectivity index (χ0n) is 23.0. The Bertz CT molecular complexity index is 1410. The Labute approximate surface area is 236 Å². The molecule has 1 N–H and O–H groups in total. The van der Waals surface area contributed by atoms with E-state index in [4.69, 9.17) is 11.6 Å². The van der Waals surface area contributed by atoms with Crippen LogP contribution in [0, 0.1) is 13.8 Å². The first-order valence-corrected chi connectivity index (χ1v) is 15.0. The minimum absolute atomic E-state index is 0.0762. The molecule has 0 spiro atoms. The Morgan fingerprint density at radius 1 is 0.923 bits per heavy atom. The van der Waals surface area contributed by atoms with Crippen molar-refractivity contribution >= 4 is 39.1 Å². The summed E-state index contributed by atoms with van der Waals surface area (Å²) in [5.41, 5.74) is 3.62. The molecule has 208 valence electrons. The first-order valence-electron chi connectivity index (χ1n) is 12.8. The minimum Gasteiger partial charge on any atom is -0.352 e. The van der Waals surface area contributed by atoms with Crippen LogP contribution in [0.5, 0.6) is 0 Å². The van der Waals surface area contributed by atoms with Crippen LogP contribution in [0.3, 0.4) is 0 Å². The monoisotopic (exact) mass is 569 g/mol. The summed E-state index contributed by atoms with van der Waals surface area (Å²) in [6.07, 6.45) is 1.34. The fourth-order valence-electron chi connectivity index (χ4n) is 4.35. The number of benzene rings is 3. The van der Waals surface area contributed by atoms with Gasteiger partial charge in [0.1, 0.15) is 12.6 Å². The van der Waals surface area contributed by atoms with Gasteiger partial charge >= 0.3 is 0 Å². The van der Waals surface area contributed by atoms with Crippen LogP contribution in [0.15, 0.2) is 72.8 Å². The van der Waals surface area contributed by atoms with Crippen LogP contribution in [0.1, 0.15) is 36.1 Å². The lowest BCUT2D eigenvalue weighted by atomic mass is 10.0. The highest BCUT2D eigenvalue weighted by atomic mass is 35.5. The first-order chi connectivity index (χ1) is 18.3. The van der Waals surface area contributed by atoms with E-state index < -0.39 is 28.5 Å². The fourth-order valence-corrected chi connectivity index (χ4v) is 5.46. The molecule has 39 heavy (non-hydrogen) atoms. The normalized spacial score (nSPS) is 12.2. The van der Waals surface area contributed by atoms with Crippen molar-refractivity contribution in [3.8, 4) is 0 Å². The van der Waals surface area contributed by atoms with Crippen molar-refractivity contribution in [2.45, 2.75) is 52.7 Å². The number of halogens is 1. The lowest BCUT2D eigenvalue weighted by Gasteiger charge is -2.34. The van der Waals surface area contributed by atoms with Gasteiger partial charge < -0.3 is 10.2 Å². The predicted octanol–water partition coefficient (Wildman–Crippen LogP) is 4.89. The summed E-state index contributed by atoms with van der Waals surface area (Å²) in [4.78, 5) is 29.1. The molecule has 0 aromatic heterocycles. The van der Waals surface area contributed by atoms with Gasteiger partial charge in [0, 0.05) is 24.0 Å². The van der Waals surface area contributed by atoms with Gasteiger partial charge in [0.25, 0.3) is 0 Å². The van der Waals surface area contributed by atoms with E-state index in [1.165, 1.54) is 4.90 Å². The third-order valence-electron chi connectivity index (χ3n) is 6.26. The number of carbonyl (C=O) groups is 2. The van der Waals surface area contributed by atoms with E-state index in [0.717, 1.165) is 32.8 Å². The average Bonchev–Trinajstić information content (AvgIpc) is 2.85. The van der Waals surface area contributed by atoms with Crippen LogP contribution in [-0.2, 0) is 32.6 Å². The van der Waals surface area contributed by atoms with E-state index in [1.807, 2.05) is 69.3 Å². The Kier molecular flexibility index (Phi) is 10.2. The molecule has 0 aliphatic carbocycles. The van der Waals surface area contributed by atoms with Crippen LogP contribution in [-0.4, -0.2) is 50.0 Å². The third-order valence-corrected chi connectivity index (χ3v) is 7.62. The Morgan fingerprint density at radius 3 is 2.21 bits per heavy atom. The van der Waals surface area contributed by atoms with E-state index >= 15 is 0 Å². The third kappa shape index (κ3) is 8.57. The Balaban J connectivity index is 2.08. The molecule has 0 aliphatic heterocycles. The molecule has 0 bridgehead atoms. The Hall–Kier alpha value is -3.36. The van der Waals surface area contributed by atoms with Crippen LogP contribution in [0.2, 0.25) is 5.02 Å². The number of hydrogen-bond acceptors (Lipinski definition) is 4. The molecule has 9 heteroatoms. The van der Waals surface area contributed by atoms with Gasteiger partial charge in [-0.25, -0.2) is 8.42 Å². The van der Waals surface area contributed by atoms with Crippen molar-refractivity contribution in [2.24, 2.45) is 0 Å². The highest BCUT2D eigenvalue weighted by molar-refractivity contribution is 7.92. The topological polar surface area (TPSA) is 86.8 Å². The Morgan fingerprint density at radius 2 is 1.59 bits per heavy atom. The van der Waals surface area contributed by atoms with Crippen molar-refractivity contribution in [1.29, 1.82) is 0 Å². The summed E-state index contributed by atoms with van der Waals surface area (Å²) < 4.78 is 27.0. The van der Waals surface area contributed by atoms with E-state index in [-0.39, 0.29) is 24.9 Å². The first kappa shape index (κ1) is 30.2. The van der Waals surface area contributed by atoms with Crippen molar-refractivity contribution in [3.05, 3.63) is 100 Å². The van der Waals surface area contributed by atoms with E-state index in [0.29, 0.717) is 10.7 Å². The van der Waals surface area contributed by atoms with Crippen LogP contribution in [0.4, 0.5) is 5.69 Å². The smallest absolute Gasteiger partial charge is 0.244 e. The van der Waals surface area contributed by atoms with Crippen LogP contribution in [0.25, 0.3) is 0 Å². The zero-order valence-corrected chi connectivity index (χ0v) is 24.6. The minimum atomic E-state index is -3.83. The van der Waals surface area contributed by atoms with Gasteiger partial charge in [0.15, 0.2) is 0 Å². The van der Waals surface area contributed by atoms with Crippen molar-refractivity contribution in [3.63, 3.8) is 0 Å². The SMILES string of the molecule is Cc1ccc(C)c(N(CC(=O)N(Cc2cccc(Cl)c2)[C@@H](Cc2ccccc2)C(=O)NC(C)C)S(C)(=O)=O)c1. The number of anilines is 1. The van der Waals surface area contributed by atoms with Gasteiger partial charge in [-0.2, -0.15) is 0 Å². The molecule has 0 radical (unpaired) electrons. The molecule has 3 rings (SSSR count). The lowest BCUT2D eigenvalue weighted by Crippen LogP contribution is -2.54. The highest BCUT2D eigenvalue weighted by Gasteiger charge is 2.33. The molecular weight excluding hydrogens is 534 g/mol. The quantitative estimate of drug-likeness (QED) is 0.356. The summed E-state index contributed by atoms with van der Waals surface area (Å²) in [5.74, 6) is -0.817. The van der Waals surface area contributed by atoms with E-state index in [1.54, 1.807) is 31.2 Å². The molecule has 3 aromatic rings. The van der Waals surface area contributed by atoms with Crippen LogP contribution < -0.4 is 9.62 Å². The van der Waals surface area contributed by atoms with E-state index in [2.05, 4.69) is 5.32 Å². The van der Waals surface area contributed by atoms with Gasteiger partial charge in [-0.15, -0.1) is 0 Å². The molecule has 0 unspecified atom stereocenters. The van der Waals surface area contributed by atoms with Gasteiger partial charge in [-0.05, 0) is 68.1 Å². The van der Waals surface area contributed by atoms with Crippen molar-refractivity contribution in [2.75, 3.05) is 17.1 Å². The van der Waals surface area contributed by atoms with Gasteiger partial charge in [0.2, 0.25) is 21.8 Å². The molecule has 0 saturated carbocycles. The number of nitrogens with one attached hydrogen (secondary N) is 1. The number of carbonyl (C=O) groups excluding carboxylic acids is 2. The molecule has 0 fully saturated rings. The molecule has 2 amide bonds. The number of aryl methyl sites for hydroxylation is 2. The summed E-state index contributed by atoms with van der Waals surface area (Å²) in [6, 6.07) is 20.9. The van der Waals surface area contributed by atoms with Crippen molar-refractivity contribution < 1.29 is 18.0 Å². The number of rotatable bonds is 11. The number of amides is 2. The van der Waals surface area contributed by atoms with E-state index in [9.17, 15) is 18.0 Å². The van der Waals surface area contributed by atoms with Crippen LogP contribution >= 0.6 is 11.6 Å². The second-order valence-corrected chi connectivity index (χ2v) is 12.4. The average molecular weight is 570 g/mol. The molecule has 0 saturated heterocycles. The molecule has 0 heterocycles. The maximum absolute atomic E-state index is 14.1. The molecule has 7 nitrogen and oxygen atoms in total.